The summed E-state index contributed by atoms with van der Waals surface area (Å²) in [6.07, 6.45) is 2.94. The Kier molecular flexibility index (Phi) is 6.73. The van der Waals surface area contributed by atoms with Crippen LogP contribution in [0.3, 0.4) is 0 Å². The molecule has 0 unspecified atom stereocenters. The van der Waals surface area contributed by atoms with Gasteiger partial charge in [0.2, 0.25) is 0 Å². The second kappa shape index (κ2) is 9.43. The van der Waals surface area contributed by atoms with Crippen LogP contribution >= 0.6 is 27.5 Å². The number of carbonyl (C=O) groups is 1. The summed E-state index contributed by atoms with van der Waals surface area (Å²) in [7, 11) is 0. The Labute approximate surface area is 174 Å². The van der Waals surface area contributed by atoms with E-state index in [0.29, 0.717) is 16.9 Å². The summed E-state index contributed by atoms with van der Waals surface area (Å²) in [6.45, 7) is 0.192. The maximum Gasteiger partial charge on any atom is 0.274 e. The highest BCUT2D eigenvalue weighted by molar-refractivity contribution is 9.10. The predicted molar refractivity (Wildman–Crippen MR) is 109 cm³/mol. The van der Waals surface area contributed by atoms with Gasteiger partial charge in [0.1, 0.15) is 23.3 Å². The number of hydrazone groups is 1. The monoisotopic (exact) mass is 461 g/mol. The number of nitrogens with one attached hydrogen (secondary N) is 1. The molecule has 28 heavy (non-hydrogen) atoms. The van der Waals surface area contributed by atoms with E-state index in [4.69, 9.17) is 16.3 Å². The third-order valence-corrected chi connectivity index (χ3v) is 4.42. The molecule has 0 bridgehead atoms. The zero-order valence-electron chi connectivity index (χ0n) is 14.4. The summed E-state index contributed by atoms with van der Waals surface area (Å²) < 4.78 is 19.9. The molecule has 0 aliphatic carbocycles. The number of ether oxygens (including phenoxy) is 1. The SMILES string of the molecule is O=C(NN=Cc1cc(Br)ccc1OCc1cccc(F)c1)c1cccnc1Cl. The zero-order chi connectivity index (χ0) is 19.9. The molecule has 0 aliphatic heterocycles. The van der Waals surface area contributed by atoms with Crippen molar-refractivity contribution in [2.24, 2.45) is 5.10 Å². The van der Waals surface area contributed by atoms with E-state index in [9.17, 15) is 9.18 Å². The molecule has 3 aromatic rings. The van der Waals surface area contributed by atoms with Crippen LogP contribution in [0.5, 0.6) is 5.75 Å². The van der Waals surface area contributed by atoms with Crippen molar-refractivity contribution in [1.29, 1.82) is 0 Å². The molecule has 1 N–H and O–H groups in total. The van der Waals surface area contributed by atoms with Crippen molar-refractivity contribution in [2.75, 3.05) is 0 Å². The van der Waals surface area contributed by atoms with Crippen molar-refractivity contribution < 1.29 is 13.9 Å². The van der Waals surface area contributed by atoms with Gasteiger partial charge in [-0.15, -0.1) is 0 Å². The summed E-state index contributed by atoms with van der Waals surface area (Å²) in [4.78, 5) is 16.0. The van der Waals surface area contributed by atoms with Gasteiger partial charge in [0, 0.05) is 16.2 Å². The third kappa shape index (κ3) is 5.37. The number of hydrogen-bond donors (Lipinski definition) is 1. The number of aromatic nitrogens is 1. The lowest BCUT2D eigenvalue weighted by atomic mass is 10.2. The molecule has 8 heteroatoms. The maximum absolute atomic E-state index is 13.3. The van der Waals surface area contributed by atoms with Gasteiger partial charge >= 0.3 is 0 Å². The first kappa shape index (κ1) is 20.0. The molecule has 0 radical (unpaired) electrons. The van der Waals surface area contributed by atoms with Crippen molar-refractivity contribution in [1.82, 2.24) is 10.4 Å². The van der Waals surface area contributed by atoms with E-state index in [1.807, 2.05) is 6.07 Å². The smallest absolute Gasteiger partial charge is 0.274 e. The van der Waals surface area contributed by atoms with Crippen LogP contribution in [0.1, 0.15) is 21.5 Å². The Morgan fingerprint density at radius 3 is 2.89 bits per heavy atom. The molecule has 0 saturated heterocycles. The first-order chi connectivity index (χ1) is 13.5. The van der Waals surface area contributed by atoms with E-state index < -0.39 is 5.91 Å². The Bertz CT molecular complexity index is 1030. The molecule has 0 atom stereocenters. The third-order valence-electron chi connectivity index (χ3n) is 3.63. The van der Waals surface area contributed by atoms with Crippen LogP contribution in [0.4, 0.5) is 4.39 Å². The molecule has 0 saturated carbocycles. The zero-order valence-corrected chi connectivity index (χ0v) is 16.7. The van der Waals surface area contributed by atoms with E-state index in [1.165, 1.54) is 24.5 Å². The highest BCUT2D eigenvalue weighted by atomic mass is 79.9. The molecular formula is C20H14BrClFN3O2. The van der Waals surface area contributed by atoms with Gasteiger partial charge in [-0.3, -0.25) is 4.79 Å². The van der Waals surface area contributed by atoms with Crippen LogP contribution < -0.4 is 10.2 Å². The number of hydrogen-bond acceptors (Lipinski definition) is 4. The topological polar surface area (TPSA) is 63.6 Å². The van der Waals surface area contributed by atoms with E-state index in [2.05, 4.69) is 31.4 Å². The van der Waals surface area contributed by atoms with Gasteiger partial charge < -0.3 is 4.74 Å². The minimum atomic E-state index is -0.480. The van der Waals surface area contributed by atoms with Gasteiger partial charge in [0.25, 0.3) is 5.91 Å². The molecule has 3 rings (SSSR count). The number of rotatable bonds is 6. The molecule has 0 spiro atoms. The molecule has 5 nitrogen and oxygen atoms in total. The van der Waals surface area contributed by atoms with Crippen molar-refractivity contribution >= 4 is 39.7 Å². The largest absolute Gasteiger partial charge is 0.488 e. The first-order valence-corrected chi connectivity index (χ1v) is 9.31. The molecule has 0 aliphatic rings. The van der Waals surface area contributed by atoms with Crippen molar-refractivity contribution in [2.45, 2.75) is 6.61 Å². The highest BCUT2D eigenvalue weighted by Gasteiger charge is 2.10. The van der Waals surface area contributed by atoms with Crippen LogP contribution in [-0.4, -0.2) is 17.1 Å². The predicted octanol–water partition coefficient (Wildman–Crippen LogP) is 4.98. The lowest BCUT2D eigenvalue weighted by Crippen LogP contribution is -2.18. The lowest BCUT2D eigenvalue weighted by Gasteiger charge is -2.10. The van der Waals surface area contributed by atoms with E-state index >= 15 is 0 Å². The van der Waals surface area contributed by atoms with Crippen LogP contribution in [0.15, 0.2) is 70.4 Å². The Morgan fingerprint density at radius 2 is 2.11 bits per heavy atom. The van der Waals surface area contributed by atoms with Gasteiger partial charge in [0.05, 0.1) is 11.8 Å². The minimum Gasteiger partial charge on any atom is -0.488 e. The summed E-state index contributed by atoms with van der Waals surface area (Å²) in [5, 5.41) is 4.05. The summed E-state index contributed by atoms with van der Waals surface area (Å²) in [5.74, 6) is -0.271. The molecular weight excluding hydrogens is 449 g/mol. The molecule has 1 heterocycles. The number of carbonyl (C=O) groups excluding carboxylic acids is 1. The number of nitrogens with zero attached hydrogens (tertiary/aromatic N) is 2. The second-order valence-corrected chi connectivity index (χ2v) is 6.92. The molecule has 142 valence electrons. The van der Waals surface area contributed by atoms with E-state index in [0.717, 1.165) is 4.47 Å². The molecule has 0 fully saturated rings. The van der Waals surface area contributed by atoms with Crippen molar-refractivity contribution in [3.8, 4) is 5.75 Å². The van der Waals surface area contributed by atoms with Crippen molar-refractivity contribution in [3.63, 3.8) is 0 Å². The molecule has 2 aromatic carbocycles. The minimum absolute atomic E-state index is 0.0942. The normalized spacial score (nSPS) is 10.8. The number of pyridine rings is 1. The van der Waals surface area contributed by atoms with Gasteiger partial charge in [-0.05, 0) is 48.0 Å². The Hall–Kier alpha value is -2.77. The lowest BCUT2D eigenvalue weighted by molar-refractivity contribution is 0.0955. The van der Waals surface area contributed by atoms with Crippen LogP contribution in [0.25, 0.3) is 0 Å². The number of amides is 1. The number of halogens is 3. The van der Waals surface area contributed by atoms with Gasteiger partial charge in [0.15, 0.2) is 0 Å². The Balaban J connectivity index is 1.70. The fraction of sp³-hybridized carbons (Fsp3) is 0.0500. The molecule has 1 amide bonds. The van der Waals surface area contributed by atoms with E-state index in [1.54, 1.807) is 36.4 Å². The quantitative estimate of drug-likeness (QED) is 0.319. The first-order valence-electron chi connectivity index (χ1n) is 8.13. The standard InChI is InChI=1S/C20H14BrClFN3O2/c21-15-6-7-18(28-12-13-3-1-4-16(23)9-13)14(10-15)11-25-26-20(27)17-5-2-8-24-19(17)22/h1-11H,12H2,(H,26,27). The van der Waals surface area contributed by atoms with Crippen LogP contribution in [0.2, 0.25) is 5.15 Å². The average molecular weight is 463 g/mol. The fourth-order valence-electron chi connectivity index (χ4n) is 2.32. The average Bonchev–Trinajstić information content (AvgIpc) is 2.67. The summed E-state index contributed by atoms with van der Waals surface area (Å²) >= 11 is 9.28. The van der Waals surface area contributed by atoms with Crippen LogP contribution in [0, 0.1) is 5.82 Å². The van der Waals surface area contributed by atoms with Gasteiger partial charge in [-0.2, -0.15) is 5.10 Å². The van der Waals surface area contributed by atoms with E-state index in [-0.39, 0.29) is 23.1 Å². The Morgan fingerprint density at radius 1 is 1.25 bits per heavy atom. The summed E-state index contributed by atoms with van der Waals surface area (Å²) in [6, 6.07) is 14.7. The fourth-order valence-corrected chi connectivity index (χ4v) is 2.90. The van der Waals surface area contributed by atoms with Gasteiger partial charge in [-0.1, -0.05) is 39.7 Å². The number of benzene rings is 2. The maximum atomic E-state index is 13.3. The van der Waals surface area contributed by atoms with Crippen LogP contribution in [-0.2, 0) is 6.61 Å². The van der Waals surface area contributed by atoms with Crippen molar-refractivity contribution in [3.05, 3.63) is 92.9 Å². The summed E-state index contributed by atoms with van der Waals surface area (Å²) in [5.41, 5.74) is 3.95. The highest BCUT2D eigenvalue weighted by Crippen LogP contribution is 2.23. The van der Waals surface area contributed by atoms with Gasteiger partial charge in [-0.25, -0.2) is 14.8 Å². The second-order valence-electron chi connectivity index (χ2n) is 5.64. The molecule has 1 aromatic heterocycles.